The number of aliphatic hydroxyl groups excluding tert-OH is 1. The minimum absolute atomic E-state index is 0.0458. The van der Waals surface area contributed by atoms with Gasteiger partial charge in [0.1, 0.15) is 11.5 Å². The molecular weight excluding hydrogens is 428 g/mol. The first-order valence-electron chi connectivity index (χ1n) is 11.1. The molecule has 1 aromatic heterocycles. The number of carbonyl (C=O) groups excluding carboxylic acids is 2. The molecule has 1 aliphatic rings. The fourth-order valence-electron chi connectivity index (χ4n) is 4.22. The molecule has 0 saturated carbocycles. The lowest BCUT2D eigenvalue weighted by Gasteiger charge is -2.26. The molecule has 1 saturated heterocycles. The number of nitrogens with zero attached hydrogens (tertiary/aromatic N) is 2. The van der Waals surface area contributed by atoms with Crippen molar-refractivity contribution in [2.45, 2.75) is 38.8 Å². The molecule has 1 unspecified atom stereocenters. The lowest BCUT2D eigenvalue weighted by atomic mass is 9.85. The van der Waals surface area contributed by atoms with Gasteiger partial charge in [-0.25, -0.2) is 0 Å². The summed E-state index contributed by atoms with van der Waals surface area (Å²) in [7, 11) is 1.51. The van der Waals surface area contributed by atoms with Crippen LogP contribution in [-0.4, -0.2) is 33.8 Å². The Morgan fingerprint density at radius 1 is 1.06 bits per heavy atom. The maximum atomic E-state index is 13.3. The summed E-state index contributed by atoms with van der Waals surface area (Å²) in [5.74, 6) is -1.21. The molecule has 0 aliphatic carbocycles. The third-order valence-electron chi connectivity index (χ3n) is 6.05. The monoisotopic (exact) mass is 456 g/mol. The number of likely N-dealkylation sites (tertiary alicyclic amines) is 1. The van der Waals surface area contributed by atoms with Crippen molar-refractivity contribution in [2.24, 2.45) is 0 Å². The maximum absolute atomic E-state index is 13.3. The van der Waals surface area contributed by atoms with Crippen molar-refractivity contribution >= 4 is 17.4 Å². The standard InChI is InChI=1S/C28H28N2O4/c1-28(2,3)20-12-13-22(34-4)21(15-20)25(31)23-24(19-10-6-5-7-11-19)30(27(33)26(23)32)17-18-9-8-14-29-16-18/h5-16,24,31H,17H2,1-4H3/b25-23+. The number of hydrogen-bond acceptors (Lipinski definition) is 5. The molecule has 174 valence electrons. The molecule has 3 aromatic rings. The molecule has 2 aromatic carbocycles. The van der Waals surface area contributed by atoms with Crippen LogP contribution in [0.1, 0.15) is 49.1 Å². The Bertz CT molecular complexity index is 1240. The number of ketones is 1. The van der Waals surface area contributed by atoms with Crippen molar-refractivity contribution in [3.63, 3.8) is 0 Å². The molecule has 1 fully saturated rings. The van der Waals surface area contributed by atoms with Gasteiger partial charge in [0.15, 0.2) is 0 Å². The number of benzene rings is 2. The predicted molar refractivity (Wildman–Crippen MR) is 130 cm³/mol. The van der Waals surface area contributed by atoms with E-state index in [0.29, 0.717) is 11.3 Å². The number of rotatable bonds is 5. The zero-order valence-corrected chi connectivity index (χ0v) is 19.8. The molecule has 34 heavy (non-hydrogen) atoms. The lowest BCUT2D eigenvalue weighted by molar-refractivity contribution is -0.140. The third kappa shape index (κ3) is 4.31. The lowest BCUT2D eigenvalue weighted by Crippen LogP contribution is -2.29. The van der Waals surface area contributed by atoms with Crippen LogP contribution in [0.5, 0.6) is 5.75 Å². The summed E-state index contributed by atoms with van der Waals surface area (Å²) in [6.45, 7) is 6.38. The number of amides is 1. The highest BCUT2D eigenvalue weighted by Crippen LogP contribution is 2.42. The molecule has 0 spiro atoms. The van der Waals surface area contributed by atoms with Crippen molar-refractivity contribution < 1.29 is 19.4 Å². The van der Waals surface area contributed by atoms with Crippen LogP contribution in [0.15, 0.2) is 78.6 Å². The highest BCUT2D eigenvalue weighted by Gasteiger charge is 2.46. The Balaban J connectivity index is 1.91. The van der Waals surface area contributed by atoms with Crippen molar-refractivity contribution in [1.82, 2.24) is 9.88 Å². The Kier molecular flexibility index (Phi) is 6.24. The summed E-state index contributed by atoms with van der Waals surface area (Å²) in [6.07, 6.45) is 3.32. The SMILES string of the molecule is COc1ccc(C(C)(C)C)cc1/C(O)=C1\C(=O)C(=O)N(Cc2cccnc2)C1c1ccccc1. The molecule has 4 rings (SSSR count). The Labute approximate surface area is 199 Å². The largest absolute Gasteiger partial charge is 0.507 e. The van der Waals surface area contributed by atoms with Crippen LogP contribution < -0.4 is 4.74 Å². The summed E-state index contributed by atoms with van der Waals surface area (Å²) in [5, 5.41) is 11.5. The van der Waals surface area contributed by atoms with E-state index in [0.717, 1.165) is 16.7 Å². The number of Topliss-reactive ketones (excluding diaryl/α,β-unsaturated/α-hetero) is 1. The van der Waals surface area contributed by atoms with Gasteiger partial charge in [-0.05, 0) is 40.3 Å². The van der Waals surface area contributed by atoms with Crippen molar-refractivity contribution in [3.8, 4) is 5.75 Å². The van der Waals surface area contributed by atoms with E-state index < -0.39 is 17.7 Å². The zero-order valence-electron chi connectivity index (χ0n) is 19.8. The van der Waals surface area contributed by atoms with E-state index in [4.69, 9.17) is 4.74 Å². The average molecular weight is 457 g/mol. The predicted octanol–water partition coefficient (Wildman–Crippen LogP) is 5.01. The molecule has 1 N–H and O–H groups in total. The smallest absolute Gasteiger partial charge is 0.295 e. The van der Waals surface area contributed by atoms with Gasteiger partial charge in [0.25, 0.3) is 11.7 Å². The second-order valence-electron chi connectivity index (χ2n) is 9.36. The molecule has 1 atom stereocenters. The van der Waals surface area contributed by atoms with E-state index in [1.807, 2.05) is 48.5 Å². The second kappa shape index (κ2) is 9.14. The number of hydrogen-bond donors (Lipinski definition) is 1. The van der Waals surface area contributed by atoms with Gasteiger partial charge in [0.2, 0.25) is 0 Å². The van der Waals surface area contributed by atoms with Gasteiger partial charge in [0.05, 0.1) is 24.3 Å². The Morgan fingerprint density at radius 2 is 1.79 bits per heavy atom. The minimum atomic E-state index is -0.746. The molecule has 6 heteroatoms. The second-order valence-corrected chi connectivity index (χ2v) is 9.36. The first-order valence-corrected chi connectivity index (χ1v) is 11.1. The van der Waals surface area contributed by atoms with Gasteiger partial charge >= 0.3 is 0 Å². The number of carbonyl (C=O) groups is 2. The molecule has 1 aliphatic heterocycles. The van der Waals surface area contributed by atoms with Gasteiger partial charge < -0.3 is 14.7 Å². The van der Waals surface area contributed by atoms with Crippen LogP contribution in [0.2, 0.25) is 0 Å². The van der Waals surface area contributed by atoms with E-state index >= 15 is 0 Å². The number of ether oxygens (including phenoxy) is 1. The Morgan fingerprint density at radius 3 is 2.41 bits per heavy atom. The van der Waals surface area contributed by atoms with E-state index in [9.17, 15) is 14.7 Å². The van der Waals surface area contributed by atoms with Gasteiger partial charge in [-0.1, -0.05) is 63.2 Å². The van der Waals surface area contributed by atoms with Crippen LogP contribution in [0.4, 0.5) is 0 Å². The third-order valence-corrected chi connectivity index (χ3v) is 6.05. The quantitative estimate of drug-likeness (QED) is 0.332. The highest BCUT2D eigenvalue weighted by atomic mass is 16.5. The summed E-state index contributed by atoms with van der Waals surface area (Å²) >= 11 is 0. The summed E-state index contributed by atoms with van der Waals surface area (Å²) in [5.41, 5.74) is 2.73. The van der Waals surface area contributed by atoms with Crippen LogP contribution in [-0.2, 0) is 21.5 Å². The molecule has 1 amide bonds. The normalized spacial score (nSPS) is 17.8. The zero-order chi connectivity index (χ0) is 24.5. The maximum Gasteiger partial charge on any atom is 0.295 e. The first kappa shape index (κ1) is 23.2. The van der Waals surface area contributed by atoms with Crippen molar-refractivity contribution in [3.05, 3.63) is 101 Å². The van der Waals surface area contributed by atoms with Gasteiger partial charge in [0, 0.05) is 18.9 Å². The topological polar surface area (TPSA) is 79.7 Å². The number of aromatic nitrogens is 1. The van der Waals surface area contributed by atoms with Gasteiger partial charge in [-0.2, -0.15) is 0 Å². The number of aliphatic hydroxyl groups is 1. The van der Waals surface area contributed by atoms with Crippen LogP contribution in [0, 0.1) is 0 Å². The van der Waals surface area contributed by atoms with Crippen LogP contribution in [0.3, 0.4) is 0 Å². The minimum Gasteiger partial charge on any atom is -0.507 e. The summed E-state index contributed by atoms with van der Waals surface area (Å²) in [4.78, 5) is 32.1. The highest BCUT2D eigenvalue weighted by molar-refractivity contribution is 6.46. The van der Waals surface area contributed by atoms with E-state index in [2.05, 4.69) is 25.8 Å². The molecule has 0 radical (unpaired) electrons. The number of pyridine rings is 1. The fourth-order valence-corrected chi connectivity index (χ4v) is 4.22. The van der Waals surface area contributed by atoms with E-state index in [-0.39, 0.29) is 23.3 Å². The molecule has 6 nitrogen and oxygen atoms in total. The molecule has 2 heterocycles. The van der Waals surface area contributed by atoms with Crippen molar-refractivity contribution in [1.29, 1.82) is 0 Å². The summed E-state index contributed by atoms with van der Waals surface area (Å²) < 4.78 is 5.51. The van der Waals surface area contributed by atoms with Crippen LogP contribution >= 0.6 is 0 Å². The average Bonchev–Trinajstić information content (AvgIpc) is 3.08. The van der Waals surface area contributed by atoms with Gasteiger partial charge in [-0.3, -0.25) is 14.6 Å². The number of methoxy groups -OCH3 is 1. The van der Waals surface area contributed by atoms with E-state index in [1.54, 1.807) is 24.5 Å². The first-order chi connectivity index (χ1) is 16.2. The molecule has 0 bridgehead atoms. The molecular formula is C28H28N2O4. The van der Waals surface area contributed by atoms with Crippen LogP contribution in [0.25, 0.3) is 5.76 Å². The fraction of sp³-hybridized carbons (Fsp3) is 0.250. The summed E-state index contributed by atoms with van der Waals surface area (Å²) in [6, 6.07) is 17.7. The van der Waals surface area contributed by atoms with E-state index in [1.165, 1.54) is 12.0 Å². The van der Waals surface area contributed by atoms with Crippen molar-refractivity contribution in [2.75, 3.05) is 7.11 Å². The van der Waals surface area contributed by atoms with Gasteiger partial charge in [-0.15, -0.1) is 0 Å². The Hall–Kier alpha value is -3.93.